The number of amides is 1. The Bertz CT molecular complexity index is 431. The van der Waals surface area contributed by atoms with Gasteiger partial charge in [-0.15, -0.1) is 0 Å². The van der Waals surface area contributed by atoms with Crippen molar-refractivity contribution in [3.63, 3.8) is 0 Å². The number of hydrogen-bond donors (Lipinski definition) is 1. The summed E-state index contributed by atoms with van der Waals surface area (Å²) in [7, 11) is 3.53. The van der Waals surface area contributed by atoms with Gasteiger partial charge < -0.3 is 15.5 Å². The van der Waals surface area contributed by atoms with Crippen LogP contribution in [-0.4, -0.2) is 43.0 Å². The monoisotopic (exact) mass is 264 g/mol. The summed E-state index contributed by atoms with van der Waals surface area (Å²) in [5.74, 6) is 0.902. The summed E-state index contributed by atoms with van der Waals surface area (Å²) >= 11 is 0. The van der Waals surface area contributed by atoms with Crippen LogP contribution < -0.4 is 10.6 Å². The largest absolute Gasteiger partial charge is 0.347 e. The Kier molecular flexibility index (Phi) is 5.76. The number of anilines is 1. The number of rotatable bonds is 6. The lowest BCUT2D eigenvalue weighted by atomic mass is 10.2. The lowest BCUT2D eigenvalue weighted by Gasteiger charge is -2.26. The molecule has 0 aliphatic heterocycles. The Morgan fingerprint density at radius 1 is 1.37 bits per heavy atom. The number of aryl methyl sites for hydroxylation is 1. The average molecular weight is 264 g/mol. The van der Waals surface area contributed by atoms with E-state index in [1.165, 1.54) is 0 Å². The number of likely N-dealkylation sites (N-methyl/N-ethyl adjacent to an activating group) is 1. The smallest absolute Gasteiger partial charge is 0.241 e. The molecular formula is C14H24N4O. The van der Waals surface area contributed by atoms with Crippen molar-refractivity contribution >= 4 is 11.7 Å². The van der Waals surface area contributed by atoms with Crippen molar-refractivity contribution in [3.8, 4) is 0 Å². The van der Waals surface area contributed by atoms with Crippen LogP contribution in [-0.2, 0) is 11.3 Å². The highest BCUT2D eigenvalue weighted by molar-refractivity contribution is 5.80. The van der Waals surface area contributed by atoms with Gasteiger partial charge in [0.2, 0.25) is 5.91 Å². The molecule has 0 aromatic carbocycles. The molecule has 1 rings (SSSR count). The molecule has 0 atom stereocenters. The second-order valence-corrected chi connectivity index (χ2v) is 4.85. The van der Waals surface area contributed by atoms with Gasteiger partial charge in [0.05, 0.1) is 6.54 Å². The molecule has 0 saturated carbocycles. The third kappa shape index (κ3) is 4.21. The van der Waals surface area contributed by atoms with Crippen molar-refractivity contribution in [2.75, 3.05) is 32.1 Å². The highest BCUT2D eigenvalue weighted by Gasteiger charge is 2.16. The van der Waals surface area contributed by atoms with Crippen molar-refractivity contribution in [3.05, 3.63) is 23.4 Å². The van der Waals surface area contributed by atoms with Crippen molar-refractivity contribution < 1.29 is 4.79 Å². The van der Waals surface area contributed by atoms with E-state index in [1.54, 1.807) is 19.0 Å². The zero-order valence-electron chi connectivity index (χ0n) is 12.3. The Morgan fingerprint density at radius 2 is 2.05 bits per heavy atom. The lowest BCUT2D eigenvalue weighted by molar-refractivity contribution is -0.127. The molecule has 1 aromatic rings. The standard InChI is InChI=1S/C14H24N4O/c1-5-8-18(10-13(19)17(3)4)14-12(9-15)7-6-11(2)16-14/h6-7H,5,8-10,15H2,1-4H3. The third-order valence-electron chi connectivity index (χ3n) is 2.93. The Morgan fingerprint density at radius 3 is 2.58 bits per heavy atom. The predicted octanol–water partition coefficient (Wildman–Crippen LogP) is 1.15. The van der Waals surface area contributed by atoms with Crippen LogP contribution >= 0.6 is 0 Å². The Hall–Kier alpha value is -1.62. The van der Waals surface area contributed by atoms with Crippen molar-refractivity contribution in [1.82, 2.24) is 9.88 Å². The summed E-state index contributed by atoms with van der Waals surface area (Å²) in [6.07, 6.45) is 0.959. The summed E-state index contributed by atoms with van der Waals surface area (Å²) in [6.45, 7) is 5.60. The minimum atomic E-state index is 0.0692. The lowest BCUT2D eigenvalue weighted by Crippen LogP contribution is -2.38. The maximum Gasteiger partial charge on any atom is 0.241 e. The molecule has 0 spiro atoms. The number of carbonyl (C=O) groups is 1. The van der Waals surface area contributed by atoms with E-state index in [-0.39, 0.29) is 5.91 Å². The molecule has 0 fully saturated rings. The van der Waals surface area contributed by atoms with Crippen molar-refractivity contribution in [2.24, 2.45) is 5.73 Å². The van der Waals surface area contributed by atoms with E-state index >= 15 is 0 Å². The van der Waals surface area contributed by atoms with Gasteiger partial charge in [-0.05, 0) is 19.4 Å². The van der Waals surface area contributed by atoms with Crippen LogP contribution in [0.1, 0.15) is 24.6 Å². The first kappa shape index (κ1) is 15.4. The van der Waals surface area contributed by atoms with Gasteiger partial charge in [-0.25, -0.2) is 4.98 Å². The minimum absolute atomic E-state index is 0.0692. The fraction of sp³-hybridized carbons (Fsp3) is 0.571. The second-order valence-electron chi connectivity index (χ2n) is 4.85. The molecule has 0 unspecified atom stereocenters. The van der Waals surface area contributed by atoms with Gasteiger partial charge in [0.25, 0.3) is 0 Å². The number of hydrogen-bond acceptors (Lipinski definition) is 4. The summed E-state index contributed by atoms with van der Waals surface area (Å²) < 4.78 is 0. The first-order valence-electron chi connectivity index (χ1n) is 6.61. The maximum atomic E-state index is 11.9. The van der Waals surface area contributed by atoms with E-state index < -0.39 is 0 Å². The van der Waals surface area contributed by atoms with E-state index in [4.69, 9.17) is 5.73 Å². The van der Waals surface area contributed by atoms with Gasteiger partial charge >= 0.3 is 0 Å². The highest BCUT2D eigenvalue weighted by Crippen LogP contribution is 2.18. The summed E-state index contributed by atoms with van der Waals surface area (Å²) in [6, 6.07) is 3.93. The Labute approximate surface area is 115 Å². The molecule has 0 radical (unpaired) electrons. The van der Waals surface area contributed by atoms with Crippen molar-refractivity contribution in [1.29, 1.82) is 0 Å². The summed E-state index contributed by atoms with van der Waals surface area (Å²) in [4.78, 5) is 20.1. The molecule has 5 heteroatoms. The molecule has 0 bridgehead atoms. The maximum absolute atomic E-state index is 11.9. The topological polar surface area (TPSA) is 62.5 Å². The van der Waals surface area contributed by atoms with Crippen LogP contribution in [0.4, 0.5) is 5.82 Å². The van der Waals surface area contributed by atoms with Crippen LogP contribution in [0, 0.1) is 6.92 Å². The molecule has 106 valence electrons. The molecule has 0 aliphatic rings. The SMILES string of the molecule is CCCN(CC(=O)N(C)C)c1nc(C)ccc1CN. The zero-order chi connectivity index (χ0) is 14.4. The fourth-order valence-corrected chi connectivity index (χ4v) is 1.84. The van der Waals surface area contributed by atoms with E-state index in [0.29, 0.717) is 13.1 Å². The first-order chi connectivity index (χ1) is 8.99. The minimum Gasteiger partial charge on any atom is -0.347 e. The van der Waals surface area contributed by atoms with Crippen LogP contribution in [0.15, 0.2) is 12.1 Å². The fourth-order valence-electron chi connectivity index (χ4n) is 1.84. The number of aromatic nitrogens is 1. The number of pyridine rings is 1. The molecule has 1 amide bonds. The Balaban J connectivity index is 3.04. The molecule has 2 N–H and O–H groups in total. The van der Waals surface area contributed by atoms with E-state index in [0.717, 1.165) is 30.0 Å². The molecule has 19 heavy (non-hydrogen) atoms. The summed E-state index contributed by atoms with van der Waals surface area (Å²) in [5.41, 5.74) is 7.68. The van der Waals surface area contributed by atoms with Crippen LogP contribution in [0.5, 0.6) is 0 Å². The van der Waals surface area contributed by atoms with Crippen LogP contribution in [0.25, 0.3) is 0 Å². The van der Waals surface area contributed by atoms with Crippen LogP contribution in [0.2, 0.25) is 0 Å². The molecule has 0 saturated heterocycles. The van der Waals surface area contributed by atoms with Gasteiger partial charge in [0.15, 0.2) is 0 Å². The number of carbonyl (C=O) groups excluding carboxylic acids is 1. The predicted molar refractivity (Wildman–Crippen MR) is 78.1 cm³/mol. The highest BCUT2D eigenvalue weighted by atomic mass is 16.2. The average Bonchev–Trinajstić information content (AvgIpc) is 2.37. The first-order valence-corrected chi connectivity index (χ1v) is 6.61. The second kappa shape index (κ2) is 7.09. The zero-order valence-corrected chi connectivity index (χ0v) is 12.3. The van der Waals surface area contributed by atoms with E-state index in [1.807, 2.05) is 24.0 Å². The van der Waals surface area contributed by atoms with Crippen molar-refractivity contribution in [2.45, 2.75) is 26.8 Å². The number of nitrogens with two attached hydrogens (primary N) is 1. The van der Waals surface area contributed by atoms with Gasteiger partial charge in [-0.3, -0.25) is 4.79 Å². The van der Waals surface area contributed by atoms with Gasteiger partial charge in [-0.2, -0.15) is 0 Å². The van der Waals surface area contributed by atoms with Gasteiger partial charge in [0, 0.05) is 38.4 Å². The van der Waals surface area contributed by atoms with Crippen LogP contribution in [0.3, 0.4) is 0 Å². The van der Waals surface area contributed by atoms with E-state index in [2.05, 4.69) is 11.9 Å². The molecule has 1 heterocycles. The number of nitrogens with zero attached hydrogens (tertiary/aromatic N) is 3. The quantitative estimate of drug-likeness (QED) is 0.837. The molecular weight excluding hydrogens is 240 g/mol. The normalized spacial score (nSPS) is 10.4. The van der Waals surface area contributed by atoms with E-state index in [9.17, 15) is 4.79 Å². The summed E-state index contributed by atoms with van der Waals surface area (Å²) in [5, 5.41) is 0. The van der Waals surface area contributed by atoms with Gasteiger partial charge in [0.1, 0.15) is 5.82 Å². The molecule has 0 aliphatic carbocycles. The molecule has 1 aromatic heterocycles. The van der Waals surface area contributed by atoms with Gasteiger partial charge in [-0.1, -0.05) is 13.0 Å². The molecule has 5 nitrogen and oxygen atoms in total. The third-order valence-corrected chi connectivity index (χ3v) is 2.93.